The molecule has 0 bridgehead atoms. The number of fused-ring (bicyclic) bond motifs is 1. The van der Waals surface area contributed by atoms with Crippen molar-refractivity contribution in [3.05, 3.63) is 29.8 Å². The number of nitrogens with zero attached hydrogens (tertiary/aromatic N) is 5. The van der Waals surface area contributed by atoms with Gasteiger partial charge in [0.1, 0.15) is 11.8 Å². The van der Waals surface area contributed by atoms with Gasteiger partial charge in [-0.05, 0) is 32.3 Å². The number of morpholine rings is 1. The van der Waals surface area contributed by atoms with E-state index in [0.29, 0.717) is 44.7 Å². The van der Waals surface area contributed by atoms with Crippen LogP contribution in [0.1, 0.15) is 94.9 Å². The van der Waals surface area contributed by atoms with Gasteiger partial charge in [-0.1, -0.05) is 27.2 Å². The SMILES string of the molecule is CC.CCCC(F)(F)CCC(NC(=O)c1ccnn1CC)c1cn2c(n1)N=C(C1CCOCC1)C(CC1OC(C(F)(F)F)CNC1=O)N2. The topological polar surface area (TPSA) is 137 Å². The number of hydrogen-bond donors (Lipinski definition) is 3. The van der Waals surface area contributed by atoms with Gasteiger partial charge < -0.3 is 25.5 Å². The number of imidazole rings is 1. The number of rotatable bonds is 12. The minimum atomic E-state index is -4.65. The maximum absolute atomic E-state index is 14.6. The Balaban J connectivity index is 0.00000255. The van der Waals surface area contributed by atoms with Crippen molar-refractivity contribution in [1.29, 1.82) is 0 Å². The van der Waals surface area contributed by atoms with E-state index in [4.69, 9.17) is 14.5 Å². The first-order valence-electron chi connectivity index (χ1n) is 16.6. The third-order valence-corrected chi connectivity index (χ3v) is 8.45. The van der Waals surface area contributed by atoms with E-state index in [0.717, 1.165) is 0 Å². The molecule has 12 nitrogen and oxygen atoms in total. The molecule has 3 aliphatic rings. The number of alkyl halides is 5. The number of aryl methyl sites for hydroxylation is 1. The van der Waals surface area contributed by atoms with Gasteiger partial charge in [0.15, 0.2) is 6.10 Å². The number of hydrogen-bond acceptors (Lipinski definition) is 8. The summed E-state index contributed by atoms with van der Waals surface area (Å²) in [6, 6.07) is -0.0971. The molecule has 4 unspecified atom stereocenters. The Morgan fingerprint density at radius 2 is 1.88 bits per heavy atom. The zero-order valence-electron chi connectivity index (χ0n) is 27.7. The van der Waals surface area contributed by atoms with Gasteiger partial charge in [-0.2, -0.15) is 18.3 Å². The summed E-state index contributed by atoms with van der Waals surface area (Å²) >= 11 is 0. The third kappa shape index (κ3) is 9.09. The van der Waals surface area contributed by atoms with Crippen LogP contribution in [0.3, 0.4) is 0 Å². The molecule has 0 aromatic carbocycles. The average Bonchev–Trinajstić information content (AvgIpc) is 3.71. The molecule has 2 amide bonds. The first kappa shape index (κ1) is 37.2. The first-order chi connectivity index (χ1) is 22.9. The molecule has 5 rings (SSSR count). The van der Waals surface area contributed by atoms with Crippen molar-refractivity contribution < 1.29 is 41.0 Å². The van der Waals surface area contributed by atoms with Gasteiger partial charge in [0.05, 0.1) is 30.5 Å². The fraction of sp³-hybridized carbons (Fsp3) is 0.710. The number of amides is 2. The molecule has 4 atom stereocenters. The quantitative estimate of drug-likeness (QED) is 0.265. The molecule has 3 N–H and O–H groups in total. The Labute approximate surface area is 276 Å². The van der Waals surface area contributed by atoms with E-state index in [1.807, 2.05) is 20.8 Å². The Morgan fingerprint density at radius 3 is 2.54 bits per heavy atom. The highest BCUT2D eigenvalue weighted by Gasteiger charge is 2.47. The summed E-state index contributed by atoms with van der Waals surface area (Å²) < 4.78 is 83.2. The van der Waals surface area contributed by atoms with Crippen LogP contribution in [0.5, 0.6) is 0 Å². The minimum absolute atomic E-state index is 0.109. The molecular weight excluding hydrogens is 643 g/mol. The van der Waals surface area contributed by atoms with E-state index in [-0.39, 0.29) is 42.5 Å². The molecule has 2 aromatic heterocycles. The smallest absolute Gasteiger partial charge is 0.381 e. The molecule has 5 heterocycles. The van der Waals surface area contributed by atoms with Gasteiger partial charge in [0, 0.05) is 56.8 Å². The molecule has 48 heavy (non-hydrogen) atoms. The van der Waals surface area contributed by atoms with Gasteiger partial charge in [-0.15, -0.1) is 0 Å². The number of carbonyl (C=O) groups is 2. The lowest BCUT2D eigenvalue weighted by Crippen LogP contribution is -2.56. The molecule has 2 fully saturated rings. The molecule has 0 aliphatic carbocycles. The number of halogens is 5. The standard InChI is InChI=1S/C29H39F5N8O4.C2H6/c1-3-9-28(30,31)10-5-18(37-25(43)21-6-11-36-41(21)4-2)20-16-42-27(38-20)39-24(17-7-12-45-13-8-17)19(40-42)14-22-26(44)35-15-23(46-22)29(32,33)34;1-2/h6,11,16-19,22-23,40H,3-5,7-10,12-15H2,1-2H3,(H,35,44)(H,37,43);1-2H3. The van der Waals surface area contributed by atoms with E-state index in [1.54, 1.807) is 6.92 Å². The van der Waals surface area contributed by atoms with Crippen LogP contribution < -0.4 is 16.1 Å². The zero-order valence-corrected chi connectivity index (χ0v) is 27.7. The second-order valence-electron chi connectivity index (χ2n) is 11.8. The Hall–Kier alpha value is -3.60. The molecule has 2 aromatic rings. The fourth-order valence-electron chi connectivity index (χ4n) is 6.03. The molecular formula is C31H45F5N8O4. The summed E-state index contributed by atoms with van der Waals surface area (Å²) in [5.41, 5.74) is 4.31. The van der Waals surface area contributed by atoms with E-state index in [9.17, 15) is 31.5 Å². The van der Waals surface area contributed by atoms with Gasteiger partial charge in [-0.3, -0.25) is 14.3 Å². The summed E-state index contributed by atoms with van der Waals surface area (Å²) in [5, 5.41) is 9.22. The van der Waals surface area contributed by atoms with Crippen LogP contribution in [0, 0.1) is 5.92 Å². The van der Waals surface area contributed by atoms with Gasteiger partial charge in [0.25, 0.3) is 5.91 Å². The minimum Gasteiger partial charge on any atom is -0.381 e. The van der Waals surface area contributed by atoms with Crippen LogP contribution in [-0.4, -0.2) is 87.1 Å². The summed E-state index contributed by atoms with van der Waals surface area (Å²) in [6.45, 7) is 8.16. The lowest BCUT2D eigenvalue weighted by atomic mass is 9.87. The Bertz CT molecular complexity index is 1410. The maximum Gasteiger partial charge on any atom is 0.416 e. The fourth-order valence-corrected chi connectivity index (χ4v) is 6.03. The number of carbonyl (C=O) groups excluding carboxylic acids is 2. The zero-order chi connectivity index (χ0) is 35.1. The monoisotopic (exact) mass is 688 g/mol. The van der Waals surface area contributed by atoms with E-state index in [1.165, 1.54) is 27.8 Å². The molecule has 2 saturated heterocycles. The van der Waals surface area contributed by atoms with Crippen molar-refractivity contribution in [2.75, 3.05) is 25.2 Å². The summed E-state index contributed by atoms with van der Waals surface area (Å²) in [4.78, 5) is 35.2. The van der Waals surface area contributed by atoms with Gasteiger partial charge in [0.2, 0.25) is 17.8 Å². The van der Waals surface area contributed by atoms with Gasteiger partial charge in [-0.25, -0.2) is 23.4 Å². The number of ether oxygens (including phenoxy) is 2. The lowest BCUT2D eigenvalue weighted by Gasteiger charge is -2.36. The van der Waals surface area contributed by atoms with Crippen molar-refractivity contribution in [1.82, 2.24) is 30.1 Å². The van der Waals surface area contributed by atoms with Crippen molar-refractivity contribution in [2.24, 2.45) is 10.9 Å². The molecule has 3 aliphatic heterocycles. The van der Waals surface area contributed by atoms with Gasteiger partial charge >= 0.3 is 6.18 Å². The molecule has 17 heteroatoms. The number of aliphatic imine (C=N–C) groups is 1. The Morgan fingerprint density at radius 1 is 1.15 bits per heavy atom. The van der Waals surface area contributed by atoms with E-state index < -0.39 is 61.2 Å². The highest BCUT2D eigenvalue weighted by atomic mass is 19.4. The predicted octanol–water partition coefficient (Wildman–Crippen LogP) is 5.07. The van der Waals surface area contributed by atoms with Crippen LogP contribution in [0.15, 0.2) is 23.5 Å². The average molecular weight is 689 g/mol. The van der Waals surface area contributed by atoms with E-state index in [2.05, 4.69) is 26.1 Å². The van der Waals surface area contributed by atoms with Crippen molar-refractivity contribution in [2.45, 2.75) is 116 Å². The van der Waals surface area contributed by atoms with Crippen molar-refractivity contribution in [3.63, 3.8) is 0 Å². The number of aromatic nitrogens is 4. The van der Waals surface area contributed by atoms with Crippen molar-refractivity contribution >= 4 is 23.5 Å². The second kappa shape index (κ2) is 16.2. The number of nitrogens with one attached hydrogen (secondary N) is 3. The van der Waals surface area contributed by atoms with E-state index >= 15 is 0 Å². The van der Waals surface area contributed by atoms with Crippen LogP contribution in [0.4, 0.5) is 27.9 Å². The van der Waals surface area contributed by atoms with Crippen LogP contribution in [0.25, 0.3) is 0 Å². The second-order valence-corrected chi connectivity index (χ2v) is 11.8. The normalized spacial score (nSPS) is 22.4. The van der Waals surface area contributed by atoms with Crippen molar-refractivity contribution in [3.8, 4) is 0 Å². The Kier molecular flexibility index (Phi) is 12.6. The summed E-state index contributed by atoms with van der Waals surface area (Å²) in [7, 11) is 0. The van der Waals surface area contributed by atoms with Crippen LogP contribution in [-0.2, 0) is 20.8 Å². The van der Waals surface area contributed by atoms with Crippen LogP contribution in [0.2, 0.25) is 0 Å². The molecule has 0 radical (unpaired) electrons. The highest BCUT2D eigenvalue weighted by molar-refractivity contribution is 5.96. The summed E-state index contributed by atoms with van der Waals surface area (Å²) in [5.74, 6) is -4.04. The van der Waals surface area contributed by atoms with Crippen LogP contribution >= 0.6 is 0 Å². The highest BCUT2D eigenvalue weighted by Crippen LogP contribution is 2.34. The third-order valence-electron chi connectivity index (χ3n) is 8.45. The molecule has 0 saturated carbocycles. The summed E-state index contributed by atoms with van der Waals surface area (Å²) in [6.07, 6.45) is -4.77. The maximum atomic E-state index is 14.6. The molecule has 268 valence electrons. The lowest BCUT2D eigenvalue weighted by molar-refractivity contribution is -0.238. The molecule has 0 spiro atoms. The first-order valence-corrected chi connectivity index (χ1v) is 16.6. The predicted molar refractivity (Wildman–Crippen MR) is 167 cm³/mol. The largest absolute Gasteiger partial charge is 0.416 e.